The number of nitrogens with zero attached hydrogens (tertiary/aromatic N) is 1. The molecule has 1 heterocycles. The molecular formula is C19H19Cl2N. The lowest BCUT2D eigenvalue weighted by atomic mass is 9.79. The fourth-order valence-electron chi connectivity index (χ4n) is 3.16. The Kier molecular flexibility index (Phi) is 4.85. The molecule has 0 bridgehead atoms. The molecule has 3 heteroatoms. The first-order valence-electron chi connectivity index (χ1n) is 7.71. The van der Waals surface area contributed by atoms with Crippen LogP contribution in [0.25, 0.3) is 11.3 Å². The summed E-state index contributed by atoms with van der Waals surface area (Å²) in [6.07, 6.45) is 9.04. The van der Waals surface area contributed by atoms with Gasteiger partial charge in [-0.05, 0) is 61.3 Å². The lowest BCUT2D eigenvalue weighted by Crippen LogP contribution is -2.11. The van der Waals surface area contributed by atoms with Gasteiger partial charge in [0.1, 0.15) is 0 Å². The molecule has 0 saturated heterocycles. The van der Waals surface area contributed by atoms with Crippen LogP contribution in [-0.4, -0.2) is 4.98 Å². The van der Waals surface area contributed by atoms with Gasteiger partial charge in [-0.15, -0.1) is 6.58 Å². The van der Waals surface area contributed by atoms with E-state index in [9.17, 15) is 0 Å². The monoisotopic (exact) mass is 331 g/mol. The average Bonchev–Trinajstić information content (AvgIpc) is 2.58. The standard InChI is InChI=1S/C19H19Cl2N/c1-2-13-3-5-14(6-4-13)16-8-10-19(22-12-16)15-7-9-17(20)18(21)11-15/h2,7-14H,1,3-6H2/t13-,14-. The molecular weight excluding hydrogens is 313 g/mol. The molecule has 1 saturated carbocycles. The quantitative estimate of drug-likeness (QED) is 0.583. The number of hydrogen-bond donors (Lipinski definition) is 0. The van der Waals surface area contributed by atoms with Gasteiger partial charge in [-0.2, -0.15) is 0 Å². The number of halogens is 2. The SMILES string of the molecule is C=C[C@H]1CC[C@H](c2ccc(-c3ccc(Cl)c(Cl)c3)nc2)CC1. The minimum absolute atomic E-state index is 0.563. The van der Waals surface area contributed by atoms with Gasteiger partial charge < -0.3 is 0 Å². The Morgan fingerprint density at radius 2 is 1.77 bits per heavy atom. The molecule has 1 aliphatic rings. The molecule has 3 rings (SSSR count). The van der Waals surface area contributed by atoms with Crippen molar-refractivity contribution in [3.63, 3.8) is 0 Å². The number of pyridine rings is 1. The van der Waals surface area contributed by atoms with Crippen molar-refractivity contribution in [2.45, 2.75) is 31.6 Å². The molecule has 22 heavy (non-hydrogen) atoms. The van der Waals surface area contributed by atoms with E-state index >= 15 is 0 Å². The van der Waals surface area contributed by atoms with E-state index in [4.69, 9.17) is 23.2 Å². The van der Waals surface area contributed by atoms with Gasteiger partial charge in [-0.1, -0.05) is 41.4 Å². The zero-order chi connectivity index (χ0) is 15.5. The average molecular weight is 332 g/mol. The van der Waals surface area contributed by atoms with E-state index in [0.29, 0.717) is 21.9 Å². The highest BCUT2D eigenvalue weighted by Gasteiger charge is 2.20. The third-order valence-electron chi connectivity index (χ3n) is 4.58. The summed E-state index contributed by atoms with van der Waals surface area (Å²) in [7, 11) is 0. The van der Waals surface area contributed by atoms with Crippen molar-refractivity contribution in [3.05, 3.63) is 64.8 Å². The predicted octanol–water partition coefficient (Wildman–Crippen LogP) is 6.52. The molecule has 0 radical (unpaired) electrons. The zero-order valence-corrected chi connectivity index (χ0v) is 13.9. The molecule has 0 atom stereocenters. The van der Waals surface area contributed by atoms with Crippen molar-refractivity contribution in [3.8, 4) is 11.3 Å². The first-order valence-corrected chi connectivity index (χ1v) is 8.47. The van der Waals surface area contributed by atoms with E-state index in [0.717, 1.165) is 11.3 Å². The summed E-state index contributed by atoms with van der Waals surface area (Å²) in [6, 6.07) is 9.90. The Labute approximate surface area is 142 Å². The lowest BCUT2D eigenvalue weighted by molar-refractivity contribution is 0.376. The van der Waals surface area contributed by atoms with E-state index in [1.54, 1.807) is 0 Å². The van der Waals surface area contributed by atoms with Crippen molar-refractivity contribution in [1.82, 2.24) is 4.98 Å². The van der Waals surface area contributed by atoms with Gasteiger partial charge in [-0.25, -0.2) is 0 Å². The maximum Gasteiger partial charge on any atom is 0.0702 e. The van der Waals surface area contributed by atoms with Crippen LogP contribution in [0.15, 0.2) is 49.2 Å². The Balaban J connectivity index is 1.75. The van der Waals surface area contributed by atoms with Crippen molar-refractivity contribution in [1.29, 1.82) is 0 Å². The van der Waals surface area contributed by atoms with Crippen LogP contribution in [0, 0.1) is 5.92 Å². The molecule has 1 fully saturated rings. The number of rotatable bonds is 3. The third kappa shape index (κ3) is 3.37. The van der Waals surface area contributed by atoms with Gasteiger partial charge in [0.05, 0.1) is 15.7 Å². The zero-order valence-electron chi connectivity index (χ0n) is 12.4. The van der Waals surface area contributed by atoms with Crippen LogP contribution < -0.4 is 0 Å². The maximum absolute atomic E-state index is 6.08. The Hall–Kier alpha value is -1.31. The molecule has 0 aliphatic heterocycles. The molecule has 0 amide bonds. The summed E-state index contributed by atoms with van der Waals surface area (Å²) in [5, 5.41) is 1.13. The van der Waals surface area contributed by atoms with Gasteiger partial charge in [0, 0.05) is 11.8 Å². The highest BCUT2D eigenvalue weighted by molar-refractivity contribution is 6.42. The van der Waals surface area contributed by atoms with Crippen LogP contribution in [0.1, 0.15) is 37.2 Å². The summed E-state index contributed by atoms with van der Waals surface area (Å²) in [5.74, 6) is 1.33. The first kappa shape index (κ1) is 15.6. The summed E-state index contributed by atoms with van der Waals surface area (Å²) >= 11 is 12.0. The lowest BCUT2D eigenvalue weighted by Gasteiger charge is -2.26. The molecule has 2 aromatic rings. The summed E-state index contributed by atoms with van der Waals surface area (Å²) in [5.41, 5.74) is 3.27. The smallest absolute Gasteiger partial charge is 0.0702 e. The topological polar surface area (TPSA) is 12.9 Å². The van der Waals surface area contributed by atoms with Crippen molar-refractivity contribution < 1.29 is 0 Å². The molecule has 0 unspecified atom stereocenters. The van der Waals surface area contributed by atoms with Gasteiger partial charge in [-0.3, -0.25) is 4.98 Å². The van der Waals surface area contributed by atoms with Crippen molar-refractivity contribution in [2.24, 2.45) is 5.92 Å². The van der Waals surface area contributed by atoms with Crippen molar-refractivity contribution >= 4 is 23.2 Å². The fourth-order valence-corrected chi connectivity index (χ4v) is 3.46. The summed E-state index contributed by atoms with van der Waals surface area (Å²) < 4.78 is 0. The minimum atomic E-state index is 0.563. The fraction of sp³-hybridized carbons (Fsp3) is 0.316. The summed E-state index contributed by atoms with van der Waals surface area (Å²) in [6.45, 7) is 3.91. The van der Waals surface area contributed by atoms with Crippen LogP contribution in [0.3, 0.4) is 0 Å². The number of hydrogen-bond acceptors (Lipinski definition) is 1. The van der Waals surface area contributed by atoms with E-state index < -0.39 is 0 Å². The Bertz CT molecular complexity index is 656. The molecule has 114 valence electrons. The second-order valence-electron chi connectivity index (χ2n) is 5.95. The van der Waals surface area contributed by atoms with E-state index in [1.807, 2.05) is 24.4 Å². The van der Waals surface area contributed by atoms with Gasteiger partial charge >= 0.3 is 0 Å². The van der Waals surface area contributed by atoms with E-state index in [1.165, 1.54) is 31.2 Å². The van der Waals surface area contributed by atoms with Crippen LogP contribution in [0.4, 0.5) is 0 Å². The first-order chi connectivity index (χ1) is 10.7. The number of benzene rings is 1. The van der Waals surface area contributed by atoms with Crippen LogP contribution >= 0.6 is 23.2 Å². The van der Waals surface area contributed by atoms with Gasteiger partial charge in [0.15, 0.2) is 0 Å². The normalized spacial score (nSPS) is 21.5. The van der Waals surface area contributed by atoms with Crippen molar-refractivity contribution in [2.75, 3.05) is 0 Å². The molecule has 1 nitrogen and oxygen atoms in total. The van der Waals surface area contributed by atoms with E-state index in [2.05, 4.69) is 29.8 Å². The molecule has 1 aliphatic carbocycles. The predicted molar refractivity (Wildman–Crippen MR) is 94.6 cm³/mol. The Morgan fingerprint density at radius 3 is 2.36 bits per heavy atom. The molecule has 1 aromatic heterocycles. The highest BCUT2D eigenvalue weighted by atomic mass is 35.5. The minimum Gasteiger partial charge on any atom is -0.256 e. The largest absolute Gasteiger partial charge is 0.256 e. The van der Waals surface area contributed by atoms with Crippen LogP contribution in [-0.2, 0) is 0 Å². The molecule has 0 N–H and O–H groups in total. The second-order valence-corrected chi connectivity index (χ2v) is 6.77. The maximum atomic E-state index is 6.08. The summed E-state index contributed by atoms with van der Waals surface area (Å²) in [4.78, 5) is 4.61. The highest BCUT2D eigenvalue weighted by Crippen LogP contribution is 2.36. The van der Waals surface area contributed by atoms with E-state index in [-0.39, 0.29) is 0 Å². The van der Waals surface area contributed by atoms with Crippen LogP contribution in [0.2, 0.25) is 10.0 Å². The molecule has 1 aromatic carbocycles. The number of aromatic nitrogens is 1. The van der Waals surface area contributed by atoms with Gasteiger partial charge in [0.25, 0.3) is 0 Å². The third-order valence-corrected chi connectivity index (χ3v) is 5.32. The second kappa shape index (κ2) is 6.85. The van der Waals surface area contributed by atoms with Gasteiger partial charge in [0.2, 0.25) is 0 Å². The Morgan fingerprint density at radius 1 is 1.00 bits per heavy atom. The number of allylic oxidation sites excluding steroid dienone is 1. The van der Waals surface area contributed by atoms with Crippen LogP contribution in [0.5, 0.6) is 0 Å². The molecule has 0 spiro atoms.